The van der Waals surface area contributed by atoms with Gasteiger partial charge in [0, 0.05) is 4.47 Å². The standard InChI is InChI=1S/C14H15Br/c1-2-11-3-5-12(6-4-11)13-7-9-14(15)10-8-13/h3,5,7-10H,2,4,6H2,1H3. The highest BCUT2D eigenvalue weighted by molar-refractivity contribution is 9.10. The SMILES string of the molecule is CCC1=CC=C(c2ccc(Br)cc2)CC1. The van der Waals surface area contributed by atoms with E-state index < -0.39 is 0 Å². The van der Waals surface area contributed by atoms with E-state index in [2.05, 4.69) is 59.3 Å². The number of rotatable bonds is 2. The molecule has 0 saturated carbocycles. The Balaban J connectivity index is 2.22. The molecule has 1 heteroatoms. The summed E-state index contributed by atoms with van der Waals surface area (Å²) in [5, 5.41) is 0. The van der Waals surface area contributed by atoms with Crippen LogP contribution in [0.25, 0.3) is 5.57 Å². The Kier molecular flexibility index (Phi) is 3.42. The molecule has 0 aromatic heterocycles. The van der Waals surface area contributed by atoms with Gasteiger partial charge in [0.25, 0.3) is 0 Å². The molecule has 1 aromatic carbocycles. The minimum absolute atomic E-state index is 1.15. The van der Waals surface area contributed by atoms with Crippen LogP contribution in [0.1, 0.15) is 31.7 Å². The van der Waals surface area contributed by atoms with Crippen LogP contribution in [-0.2, 0) is 0 Å². The lowest BCUT2D eigenvalue weighted by molar-refractivity contribution is 0.906. The van der Waals surface area contributed by atoms with Crippen molar-refractivity contribution in [3.8, 4) is 0 Å². The molecule has 0 unspecified atom stereocenters. The fraction of sp³-hybridized carbons (Fsp3) is 0.286. The lowest BCUT2D eigenvalue weighted by atomic mass is 9.92. The molecular weight excluding hydrogens is 248 g/mol. The molecule has 0 saturated heterocycles. The Bertz CT molecular complexity index is 396. The van der Waals surface area contributed by atoms with Gasteiger partial charge in [-0.3, -0.25) is 0 Å². The first-order valence-electron chi connectivity index (χ1n) is 5.44. The van der Waals surface area contributed by atoms with Crippen LogP contribution >= 0.6 is 15.9 Å². The summed E-state index contributed by atoms with van der Waals surface area (Å²) in [6.07, 6.45) is 8.14. The molecular formula is C14H15Br. The van der Waals surface area contributed by atoms with Crippen LogP contribution in [0.2, 0.25) is 0 Å². The summed E-state index contributed by atoms with van der Waals surface area (Å²) in [4.78, 5) is 0. The largest absolute Gasteiger partial charge is 0.0701 e. The zero-order valence-electron chi connectivity index (χ0n) is 8.96. The van der Waals surface area contributed by atoms with Crippen LogP contribution in [0.4, 0.5) is 0 Å². The second kappa shape index (κ2) is 4.80. The molecule has 0 nitrogen and oxygen atoms in total. The third-order valence-electron chi connectivity index (χ3n) is 2.90. The van der Waals surface area contributed by atoms with Gasteiger partial charge in [-0.2, -0.15) is 0 Å². The third-order valence-corrected chi connectivity index (χ3v) is 3.43. The van der Waals surface area contributed by atoms with E-state index in [1.165, 1.54) is 30.4 Å². The Morgan fingerprint density at radius 3 is 2.33 bits per heavy atom. The maximum Gasteiger partial charge on any atom is 0.0175 e. The molecule has 0 amide bonds. The van der Waals surface area contributed by atoms with Crippen molar-refractivity contribution in [2.75, 3.05) is 0 Å². The zero-order chi connectivity index (χ0) is 10.7. The van der Waals surface area contributed by atoms with Gasteiger partial charge in [-0.05, 0) is 42.5 Å². The van der Waals surface area contributed by atoms with Crippen molar-refractivity contribution < 1.29 is 0 Å². The van der Waals surface area contributed by atoms with Crippen molar-refractivity contribution in [1.29, 1.82) is 0 Å². The maximum absolute atomic E-state index is 3.46. The Morgan fingerprint density at radius 1 is 1.07 bits per heavy atom. The molecule has 0 bridgehead atoms. The summed E-state index contributed by atoms with van der Waals surface area (Å²) in [7, 11) is 0. The van der Waals surface area contributed by atoms with Crippen molar-refractivity contribution in [1.82, 2.24) is 0 Å². The quantitative estimate of drug-likeness (QED) is 0.707. The van der Waals surface area contributed by atoms with Crippen LogP contribution in [-0.4, -0.2) is 0 Å². The first-order valence-corrected chi connectivity index (χ1v) is 6.23. The molecule has 0 N–H and O–H groups in total. The van der Waals surface area contributed by atoms with E-state index in [4.69, 9.17) is 0 Å². The molecule has 0 fully saturated rings. The summed E-state index contributed by atoms with van der Waals surface area (Å²) in [6.45, 7) is 2.23. The van der Waals surface area contributed by atoms with Crippen molar-refractivity contribution in [2.24, 2.45) is 0 Å². The van der Waals surface area contributed by atoms with E-state index in [0.717, 1.165) is 4.47 Å². The predicted molar refractivity (Wildman–Crippen MR) is 69.7 cm³/mol. The monoisotopic (exact) mass is 262 g/mol. The van der Waals surface area contributed by atoms with E-state index in [0.29, 0.717) is 0 Å². The highest BCUT2D eigenvalue weighted by Crippen LogP contribution is 2.28. The number of halogens is 1. The van der Waals surface area contributed by atoms with Gasteiger partial charge in [-0.1, -0.05) is 52.7 Å². The van der Waals surface area contributed by atoms with Crippen LogP contribution in [0.5, 0.6) is 0 Å². The topological polar surface area (TPSA) is 0 Å². The van der Waals surface area contributed by atoms with E-state index in [1.54, 1.807) is 5.57 Å². The predicted octanol–water partition coefficient (Wildman–Crippen LogP) is 4.96. The van der Waals surface area contributed by atoms with Gasteiger partial charge >= 0.3 is 0 Å². The van der Waals surface area contributed by atoms with Gasteiger partial charge in [0.05, 0.1) is 0 Å². The first-order chi connectivity index (χ1) is 7.29. The molecule has 0 heterocycles. The van der Waals surface area contributed by atoms with Crippen molar-refractivity contribution in [3.63, 3.8) is 0 Å². The normalized spacial score (nSPS) is 15.9. The molecule has 15 heavy (non-hydrogen) atoms. The van der Waals surface area contributed by atoms with Gasteiger partial charge < -0.3 is 0 Å². The Morgan fingerprint density at radius 2 is 1.80 bits per heavy atom. The molecule has 0 atom stereocenters. The smallest absolute Gasteiger partial charge is 0.0175 e. The zero-order valence-corrected chi connectivity index (χ0v) is 10.5. The molecule has 0 radical (unpaired) electrons. The highest BCUT2D eigenvalue weighted by Gasteiger charge is 2.06. The highest BCUT2D eigenvalue weighted by atomic mass is 79.9. The van der Waals surface area contributed by atoms with Crippen LogP contribution in [0.3, 0.4) is 0 Å². The van der Waals surface area contributed by atoms with Crippen molar-refractivity contribution in [3.05, 3.63) is 52.0 Å². The summed E-state index contributed by atoms with van der Waals surface area (Å²) < 4.78 is 1.15. The molecule has 1 aliphatic rings. The number of hydrogen-bond donors (Lipinski definition) is 0. The Labute approximate surface area is 99.8 Å². The summed E-state index contributed by atoms with van der Waals surface area (Å²) >= 11 is 3.46. The lowest BCUT2D eigenvalue weighted by Gasteiger charge is -2.13. The van der Waals surface area contributed by atoms with Crippen molar-refractivity contribution >= 4 is 21.5 Å². The van der Waals surface area contributed by atoms with Crippen LogP contribution < -0.4 is 0 Å². The fourth-order valence-corrected chi connectivity index (χ4v) is 2.14. The molecule has 2 rings (SSSR count). The van der Waals surface area contributed by atoms with Gasteiger partial charge in [-0.25, -0.2) is 0 Å². The average Bonchev–Trinajstić information content (AvgIpc) is 2.30. The van der Waals surface area contributed by atoms with Gasteiger partial charge in [0.2, 0.25) is 0 Å². The third kappa shape index (κ3) is 2.60. The second-order valence-corrected chi connectivity index (χ2v) is 4.79. The van der Waals surface area contributed by atoms with Gasteiger partial charge in [-0.15, -0.1) is 0 Å². The molecule has 1 aromatic rings. The number of benzene rings is 1. The minimum Gasteiger partial charge on any atom is -0.0701 e. The molecule has 0 aliphatic heterocycles. The van der Waals surface area contributed by atoms with Gasteiger partial charge in [0.1, 0.15) is 0 Å². The fourth-order valence-electron chi connectivity index (χ4n) is 1.88. The average molecular weight is 263 g/mol. The molecule has 1 aliphatic carbocycles. The van der Waals surface area contributed by atoms with Crippen LogP contribution in [0.15, 0.2) is 46.5 Å². The summed E-state index contributed by atoms with van der Waals surface area (Å²) in [5.74, 6) is 0. The number of hydrogen-bond acceptors (Lipinski definition) is 0. The lowest BCUT2D eigenvalue weighted by Crippen LogP contribution is -1.92. The minimum atomic E-state index is 1.15. The maximum atomic E-state index is 3.46. The summed E-state index contributed by atoms with van der Waals surface area (Å²) in [6, 6.07) is 8.58. The van der Waals surface area contributed by atoms with E-state index in [-0.39, 0.29) is 0 Å². The summed E-state index contributed by atoms with van der Waals surface area (Å²) in [5.41, 5.74) is 4.38. The first kappa shape index (κ1) is 10.7. The number of allylic oxidation sites excluding steroid dienone is 4. The van der Waals surface area contributed by atoms with E-state index in [9.17, 15) is 0 Å². The molecule has 0 spiro atoms. The molecule has 78 valence electrons. The van der Waals surface area contributed by atoms with E-state index in [1.807, 2.05) is 0 Å². The van der Waals surface area contributed by atoms with E-state index >= 15 is 0 Å². The van der Waals surface area contributed by atoms with Gasteiger partial charge in [0.15, 0.2) is 0 Å². The Hall–Kier alpha value is -0.820. The van der Waals surface area contributed by atoms with Crippen LogP contribution in [0, 0.1) is 0 Å². The second-order valence-electron chi connectivity index (χ2n) is 3.88. The van der Waals surface area contributed by atoms with Crippen molar-refractivity contribution in [2.45, 2.75) is 26.2 Å².